The largest absolute Gasteiger partial charge is 0.457 e. The minimum Gasteiger partial charge on any atom is -0.457 e. The Balaban J connectivity index is 1.89. The first kappa shape index (κ1) is 31.0. The van der Waals surface area contributed by atoms with Gasteiger partial charge in [-0.25, -0.2) is 8.42 Å². The van der Waals surface area contributed by atoms with E-state index in [2.05, 4.69) is 5.32 Å². The summed E-state index contributed by atoms with van der Waals surface area (Å²) in [5, 5.41) is 3.35. The highest BCUT2D eigenvalue weighted by atomic mass is 35.5. The molecular weight excluding hydrogens is 550 g/mol. The van der Waals surface area contributed by atoms with Crippen LogP contribution in [0, 0.1) is 5.92 Å². The summed E-state index contributed by atoms with van der Waals surface area (Å²) in [5.74, 6) is 0.556. The summed E-state index contributed by atoms with van der Waals surface area (Å²) in [6, 6.07) is 21.9. The van der Waals surface area contributed by atoms with E-state index < -0.39 is 28.5 Å². The molecular formula is C30H36ClN3O5S. The van der Waals surface area contributed by atoms with Gasteiger partial charge in [-0.1, -0.05) is 68.8 Å². The van der Waals surface area contributed by atoms with E-state index >= 15 is 0 Å². The molecule has 0 heterocycles. The number of carbonyl (C=O) groups is 2. The number of para-hydroxylation sites is 1. The summed E-state index contributed by atoms with van der Waals surface area (Å²) < 4.78 is 32.5. The number of ether oxygens (including phenoxy) is 1. The summed E-state index contributed by atoms with van der Waals surface area (Å²) in [5.41, 5.74) is 0.951. The van der Waals surface area contributed by atoms with Gasteiger partial charge in [0.05, 0.1) is 11.9 Å². The summed E-state index contributed by atoms with van der Waals surface area (Å²) in [6.45, 7) is 5.79. The zero-order valence-corrected chi connectivity index (χ0v) is 24.8. The minimum absolute atomic E-state index is 0.0492. The average Bonchev–Trinajstić information content (AvgIpc) is 2.92. The summed E-state index contributed by atoms with van der Waals surface area (Å²) >= 11 is 6.39. The number of hydrogen-bond donors (Lipinski definition) is 1. The van der Waals surface area contributed by atoms with Gasteiger partial charge >= 0.3 is 0 Å². The van der Waals surface area contributed by atoms with Gasteiger partial charge in [0.15, 0.2) is 0 Å². The molecule has 8 nitrogen and oxygen atoms in total. The standard InChI is InChI=1S/C30H36ClN3O5S/c1-5-28(30(36)32-19-22(2)3)33(20-23-11-9-10-14-27(23)31)29(35)21-34(40(4,37)38)24-15-17-26(18-16-24)39-25-12-7-6-8-13-25/h6-18,22,28H,5,19-21H2,1-4H3,(H,32,36)/t28-/m1/s1. The minimum atomic E-state index is -3.86. The number of amides is 2. The van der Waals surface area contributed by atoms with E-state index in [1.807, 2.05) is 51.1 Å². The van der Waals surface area contributed by atoms with Crippen LogP contribution in [0.25, 0.3) is 0 Å². The molecule has 3 rings (SSSR count). The fourth-order valence-electron chi connectivity index (χ4n) is 4.07. The van der Waals surface area contributed by atoms with E-state index in [1.165, 1.54) is 4.90 Å². The van der Waals surface area contributed by atoms with Crippen LogP contribution < -0.4 is 14.4 Å². The molecule has 0 bridgehead atoms. The van der Waals surface area contributed by atoms with Crippen LogP contribution in [0.15, 0.2) is 78.9 Å². The summed E-state index contributed by atoms with van der Waals surface area (Å²) in [7, 11) is -3.86. The summed E-state index contributed by atoms with van der Waals surface area (Å²) in [4.78, 5) is 28.4. The fourth-order valence-corrected chi connectivity index (χ4v) is 5.12. The second-order valence-electron chi connectivity index (χ2n) is 9.85. The second-order valence-corrected chi connectivity index (χ2v) is 12.2. The van der Waals surface area contributed by atoms with Crippen molar-refractivity contribution in [3.05, 3.63) is 89.4 Å². The monoisotopic (exact) mass is 585 g/mol. The number of anilines is 1. The predicted octanol–water partition coefficient (Wildman–Crippen LogP) is 5.48. The number of benzene rings is 3. The third-order valence-electron chi connectivity index (χ3n) is 6.15. The van der Waals surface area contributed by atoms with Crippen LogP contribution in [0.1, 0.15) is 32.8 Å². The Morgan fingerprint density at radius 2 is 1.52 bits per heavy atom. The molecule has 0 aromatic heterocycles. The molecule has 0 spiro atoms. The highest BCUT2D eigenvalue weighted by molar-refractivity contribution is 7.92. The van der Waals surface area contributed by atoms with Crippen LogP contribution in [-0.4, -0.2) is 50.5 Å². The molecule has 0 fully saturated rings. The SMILES string of the molecule is CC[C@H](C(=O)NCC(C)C)N(Cc1ccccc1Cl)C(=O)CN(c1ccc(Oc2ccccc2)cc1)S(C)(=O)=O. The highest BCUT2D eigenvalue weighted by Gasteiger charge is 2.32. The quantitative estimate of drug-likeness (QED) is 0.287. The van der Waals surface area contributed by atoms with Crippen molar-refractivity contribution in [3.8, 4) is 11.5 Å². The topological polar surface area (TPSA) is 96.0 Å². The van der Waals surface area contributed by atoms with Gasteiger partial charge < -0.3 is 15.0 Å². The third-order valence-corrected chi connectivity index (χ3v) is 7.66. The van der Waals surface area contributed by atoms with E-state index in [0.29, 0.717) is 40.7 Å². The van der Waals surface area contributed by atoms with Gasteiger partial charge in [0.1, 0.15) is 24.1 Å². The molecule has 0 unspecified atom stereocenters. The smallest absolute Gasteiger partial charge is 0.244 e. The van der Waals surface area contributed by atoms with E-state index in [4.69, 9.17) is 16.3 Å². The van der Waals surface area contributed by atoms with E-state index in [-0.39, 0.29) is 18.4 Å². The normalized spacial score (nSPS) is 12.1. The van der Waals surface area contributed by atoms with Crippen molar-refractivity contribution in [2.45, 2.75) is 39.8 Å². The van der Waals surface area contributed by atoms with Crippen LogP contribution in [0.4, 0.5) is 5.69 Å². The van der Waals surface area contributed by atoms with Gasteiger partial charge in [-0.3, -0.25) is 13.9 Å². The molecule has 1 atom stereocenters. The zero-order chi connectivity index (χ0) is 29.3. The van der Waals surface area contributed by atoms with Crippen LogP contribution in [0.3, 0.4) is 0 Å². The lowest BCUT2D eigenvalue weighted by Gasteiger charge is -2.33. The first-order valence-corrected chi connectivity index (χ1v) is 15.3. The second kappa shape index (κ2) is 14.2. The lowest BCUT2D eigenvalue weighted by molar-refractivity contribution is -0.140. The number of hydrogen-bond acceptors (Lipinski definition) is 5. The zero-order valence-electron chi connectivity index (χ0n) is 23.2. The Labute approximate surface area is 241 Å². The molecule has 2 amide bonds. The van der Waals surface area contributed by atoms with Crippen molar-refractivity contribution >= 4 is 39.1 Å². The molecule has 0 aliphatic rings. The first-order valence-electron chi connectivity index (χ1n) is 13.1. The molecule has 214 valence electrons. The van der Waals surface area contributed by atoms with Crippen molar-refractivity contribution in [2.24, 2.45) is 5.92 Å². The van der Waals surface area contributed by atoms with Crippen molar-refractivity contribution in [1.82, 2.24) is 10.2 Å². The number of halogens is 1. The molecule has 0 radical (unpaired) electrons. The molecule has 0 aliphatic heterocycles. The number of carbonyl (C=O) groups excluding carboxylic acids is 2. The maximum Gasteiger partial charge on any atom is 0.244 e. The molecule has 10 heteroatoms. The van der Waals surface area contributed by atoms with Gasteiger partial charge in [0.25, 0.3) is 0 Å². The maximum absolute atomic E-state index is 13.8. The van der Waals surface area contributed by atoms with E-state index in [0.717, 1.165) is 10.6 Å². The maximum atomic E-state index is 13.8. The molecule has 3 aromatic rings. The molecule has 40 heavy (non-hydrogen) atoms. The molecule has 0 aliphatic carbocycles. The average molecular weight is 586 g/mol. The molecule has 1 N–H and O–H groups in total. The Kier molecular flexibility index (Phi) is 11.0. The number of rotatable bonds is 13. The van der Waals surface area contributed by atoms with Crippen LogP contribution in [0.5, 0.6) is 11.5 Å². The van der Waals surface area contributed by atoms with E-state index in [9.17, 15) is 18.0 Å². The Morgan fingerprint density at radius 3 is 2.10 bits per heavy atom. The number of sulfonamides is 1. The Hall–Kier alpha value is -3.56. The first-order chi connectivity index (χ1) is 19.0. The predicted molar refractivity (Wildman–Crippen MR) is 159 cm³/mol. The lowest BCUT2D eigenvalue weighted by atomic mass is 10.1. The highest BCUT2D eigenvalue weighted by Crippen LogP contribution is 2.26. The number of nitrogens with one attached hydrogen (secondary N) is 1. The lowest BCUT2D eigenvalue weighted by Crippen LogP contribution is -2.52. The van der Waals surface area contributed by atoms with Crippen LogP contribution >= 0.6 is 11.6 Å². The molecule has 3 aromatic carbocycles. The van der Waals surface area contributed by atoms with Crippen LogP contribution in [-0.2, 0) is 26.2 Å². The van der Waals surface area contributed by atoms with Crippen molar-refractivity contribution < 1.29 is 22.7 Å². The van der Waals surface area contributed by atoms with Gasteiger partial charge in [0.2, 0.25) is 21.8 Å². The fraction of sp³-hybridized carbons (Fsp3) is 0.333. The van der Waals surface area contributed by atoms with Crippen molar-refractivity contribution in [1.29, 1.82) is 0 Å². The number of nitrogens with zero attached hydrogens (tertiary/aromatic N) is 2. The van der Waals surface area contributed by atoms with E-state index in [1.54, 1.807) is 48.5 Å². The third kappa shape index (κ3) is 8.72. The van der Waals surface area contributed by atoms with Gasteiger partial charge in [-0.2, -0.15) is 0 Å². The molecule has 0 saturated carbocycles. The molecule has 0 saturated heterocycles. The Bertz CT molecular complexity index is 1380. The van der Waals surface area contributed by atoms with Gasteiger partial charge in [0, 0.05) is 18.1 Å². The summed E-state index contributed by atoms with van der Waals surface area (Å²) in [6.07, 6.45) is 1.38. The van der Waals surface area contributed by atoms with Crippen molar-refractivity contribution in [2.75, 3.05) is 23.7 Å². The Morgan fingerprint density at radius 1 is 0.925 bits per heavy atom. The van der Waals surface area contributed by atoms with Crippen LogP contribution in [0.2, 0.25) is 5.02 Å². The van der Waals surface area contributed by atoms with Gasteiger partial charge in [-0.05, 0) is 60.4 Å². The van der Waals surface area contributed by atoms with Crippen molar-refractivity contribution in [3.63, 3.8) is 0 Å². The van der Waals surface area contributed by atoms with Gasteiger partial charge in [-0.15, -0.1) is 0 Å².